The summed E-state index contributed by atoms with van der Waals surface area (Å²) in [4.78, 5) is 26.5. The van der Waals surface area contributed by atoms with Crippen LogP contribution in [0.15, 0.2) is 0 Å². The number of carboxylic acid groups (broad SMARTS) is 1. The summed E-state index contributed by atoms with van der Waals surface area (Å²) in [7, 11) is 3.38. The van der Waals surface area contributed by atoms with Crippen LogP contribution < -0.4 is 0 Å². The van der Waals surface area contributed by atoms with E-state index in [-0.39, 0.29) is 18.5 Å². The lowest BCUT2D eigenvalue weighted by Gasteiger charge is -2.37. The van der Waals surface area contributed by atoms with Crippen LogP contribution in [-0.2, 0) is 9.53 Å². The third-order valence-corrected chi connectivity index (χ3v) is 4.14. The van der Waals surface area contributed by atoms with Gasteiger partial charge in [-0.1, -0.05) is 0 Å². The van der Waals surface area contributed by atoms with E-state index in [9.17, 15) is 9.59 Å². The average molecular weight is 290 g/mol. The van der Waals surface area contributed by atoms with Gasteiger partial charge in [-0.25, -0.2) is 4.79 Å². The van der Waals surface area contributed by atoms with Crippen LogP contribution in [-0.4, -0.2) is 78.3 Å². The van der Waals surface area contributed by atoms with Gasteiger partial charge in [0.25, 0.3) is 0 Å². The Balaban J connectivity index is 2.53. The van der Waals surface area contributed by atoms with E-state index in [0.29, 0.717) is 25.4 Å². The number of carbonyl (C=O) groups is 2. The number of aliphatic carboxylic acids is 1. The Hall–Kier alpha value is -0.950. The lowest BCUT2D eigenvalue weighted by Crippen LogP contribution is -2.51. The van der Waals surface area contributed by atoms with E-state index >= 15 is 0 Å². The fraction of sp³-hybridized carbons (Fsp3) is 0.833. The summed E-state index contributed by atoms with van der Waals surface area (Å²) >= 11 is 1.70. The summed E-state index contributed by atoms with van der Waals surface area (Å²) in [5.74, 6) is 0.713. The third-order valence-electron chi connectivity index (χ3n) is 3.05. The standard InChI is InChI=1S/C12H22N2O4S/c1-13(4-3-6-18-2)12(17)14-5-7-19-9-10(14)8-11(15)16/h10H,3-9H2,1-2H3,(H,15,16). The van der Waals surface area contributed by atoms with Crippen molar-refractivity contribution in [3.8, 4) is 0 Å². The number of rotatable bonds is 6. The summed E-state index contributed by atoms with van der Waals surface area (Å²) in [6.45, 7) is 1.86. The minimum atomic E-state index is -0.854. The van der Waals surface area contributed by atoms with E-state index in [4.69, 9.17) is 9.84 Å². The maximum Gasteiger partial charge on any atom is 0.320 e. The van der Waals surface area contributed by atoms with Gasteiger partial charge < -0.3 is 19.6 Å². The average Bonchev–Trinajstić information content (AvgIpc) is 2.38. The summed E-state index contributed by atoms with van der Waals surface area (Å²) in [6.07, 6.45) is 0.801. The number of carboxylic acids is 1. The van der Waals surface area contributed by atoms with Gasteiger partial charge in [0.1, 0.15) is 0 Å². The number of nitrogens with zero attached hydrogens (tertiary/aromatic N) is 2. The molecular formula is C12H22N2O4S. The highest BCUT2D eigenvalue weighted by Gasteiger charge is 2.30. The van der Waals surface area contributed by atoms with Gasteiger partial charge in [-0.2, -0.15) is 11.8 Å². The molecule has 0 aromatic heterocycles. The molecule has 1 heterocycles. The SMILES string of the molecule is COCCCN(C)C(=O)N1CCSCC1CC(=O)O. The predicted octanol–water partition coefficient (Wildman–Crippen LogP) is 0.967. The molecule has 1 atom stereocenters. The zero-order valence-corrected chi connectivity index (χ0v) is 12.3. The fourth-order valence-corrected chi connectivity index (χ4v) is 3.10. The van der Waals surface area contributed by atoms with E-state index in [0.717, 1.165) is 12.2 Å². The molecule has 1 rings (SSSR count). The Morgan fingerprint density at radius 1 is 1.53 bits per heavy atom. The molecule has 1 unspecified atom stereocenters. The molecule has 0 saturated carbocycles. The molecule has 0 aromatic carbocycles. The second kappa shape index (κ2) is 8.27. The number of thioether (sulfide) groups is 1. The molecule has 1 N–H and O–H groups in total. The smallest absolute Gasteiger partial charge is 0.320 e. The van der Waals surface area contributed by atoms with Crippen LogP contribution in [0.1, 0.15) is 12.8 Å². The first-order valence-electron chi connectivity index (χ1n) is 6.36. The van der Waals surface area contributed by atoms with Crippen LogP contribution in [0.5, 0.6) is 0 Å². The molecule has 1 saturated heterocycles. The molecule has 1 aliphatic heterocycles. The number of hydrogen-bond donors (Lipinski definition) is 1. The summed E-state index contributed by atoms with van der Waals surface area (Å²) in [5.41, 5.74) is 0. The number of carbonyl (C=O) groups excluding carboxylic acids is 1. The quantitative estimate of drug-likeness (QED) is 0.738. The van der Waals surface area contributed by atoms with E-state index < -0.39 is 5.97 Å². The van der Waals surface area contributed by atoms with Crippen molar-refractivity contribution in [3.63, 3.8) is 0 Å². The van der Waals surface area contributed by atoms with Crippen molar-refractivity contribution in [3.05, 3.63) is 0 Å². The Kier molecular flexibility index (Phi) is 7.01. The van der Waals surface area contributed by atoms with Gasteiger partial charge in [-0.3, -0.25) is 4.79 Å². The molecule has 110 valence electrons. The molecule has 7 heteroatoms. The molecule has 6 nitrogen and oxygen atoms in total. The lowest BCUT2D eigenvalue weighted by atomic mass is 10.2. The summed E-state index contributed by atoms with van der Waals surface area (Å²) in [6, 6.07) is -0.281. The Bertz CT molecular complexity index is 314. The van der Waals surface area contributed by atoms with Gasteiger partial charge in [-0.15, -0.1) is 0 Å². The van der Waals surface area contributed by atoms with Crippen LogP contribution in [0, 0.1) is 0 Å². The summed E-state index contributed by atoms with van der Waals surface area (Å²) < 4.78 is 4.96. The molecule has 1 aliphatic rings. The van der Waals surface area contributed by atoms with Gasteiger partial charge in [0.05, 0.1) is 12.5 Å². The molecule has 0 bridgehead atoms. The Morgan fingerprint density at radius 3 is 2.89 bits per heavy atom. The van der Waals surface area contributed by atoms with E-state index in [1.54, 1.807) is 35.7 Å². The van der Waals surface area contributed by atoms with Crippen LogP contribution in [0.2, 0.25) is 0 Å². The van der Waals surface area contributed by atoms with E-state index in [1.165, 1.54) is 0 Å². The molecule has 0 spiro atoms. The minimum absolute atomic E-state index is 0.0185. The lowest BCUT2D eigenvalue weighted by molar-refractivity contribution is -0.138. The predicted molar refractivity (Wildman–Crippen MR) is 74.6 cm³/mol. The Morgan fingerprint density at radius 2 is 2.26 bits per heavy atom. The number of amides is 2. The number of methoxy groups -OCH3 is 1. The molecule has 0 radical (unpaired) electrons. The van der Waals surface area contributed by atoms with Crippen molar-refractivity contribution in [2.45, 2.75) is 18.9 Å². The van der Waals surface area contributed by atoms with Crippen LogP contribution in [0.25, 0.3) is 0 Å². The van der Waals surface area contributed by atoms with E-state index in [2.05, 4.69) is 0 Å². The number of hydrogen-bond acceptors (Lipinski definition) is 4. The highest BCUT2D eigenvalue weighted by atomic mass is 32.2. The van der Waals surface area contributed by atoms with Crippen molar-refractivity contribution in [2.24, 2.45) is 0 Å². The Labute approximate surface area is 118 Å². The van der Waals surface area contributed by atoms with Crippen molar-refractivity contribution in [1.29, 1.82) is 0 Å². The first-order valence-corrected chi connectivity index (χ1v) is 7.52. The van der Waals surface area contributed by atoms with Gasteiger partial charge in [-0.05, 0) is 6.42 Å². The van der Waals surface area contributed by atoms with Crippen LogP contribution >= 0.6 is 11.8 Å². The maximum atomic E-state index is 12.3. The van der Waals surface area contributed by atoms with Gasteiger partial charge in [0, 0.05) is 45.4 Å². The molecule has 0 aliphatic carbocycles. The van der Waals surface area contributed by atoms with Crippen molar-refractivity contribution in [1.82, 2.24) is 9.80 Å². The van der Waals surface area contributed by atoms with Crippen LogP contribution in [0.3, 0.4) is 0 Å². The van der Waals surface area contributed by atoms with E-state index in [1.807, 2.05) is 0 Å². The first-order chi connectivity index (χ1) is 9.06. The topological polar surface area (TPSA) is 70.1 Å². The van der Waals surface area contributed by atoms with Gasteiger partial charge >= 0.3 is 12.0 Å². The molecular weight excluding hydrogens is 268 g/mol. The van der Waals surface area contributed by atoms with Crippen molar-refractivity contribution >= 4 is 23.8 Å². The van der Waals surface area contributed by atoms with Gasteiger partial charge in [0.15, 0.2) is 0 Å². The second-order valence-corrected chi connectivity index (χ2v) is 5.72. The van der Waals surface area contributed by atoms with Gasteiger partial charge in [0.2, 0.25) is 0 Å². The zero-order valence-electron chi connectivity index (χ0n) is 11.5. The minimum Gasteiger partial charge on any atom is -0.481 e. The summed E-state index contributed by atoms with van der Waals surface area (Å²) in [5, 5.41) is 8.90. The number of ether oxygens (including phenoxy) is 1. The highest BCUT2D eigenvalue weighted by Crippen LogP contribution is 2.20. The molecule has 1 fully saturated rings. The van der Waals surface area contributed by atoms with Crippen LogP contribution in [0.4, 0.5) is 4.79 Å². The first kappa shape index (κ1) is 16.1. The largest absolute Gasteiger partial charge is 0.481 e. The molecule has 19 heavy (non-hydrogen) atoms. The monoisotopic (exact) mass is 290 g/mol. The maximum absolute atomic E-state index is 12.3. The van der Waals surface area contributed by atoms with Crippen molar-refractivity contribution in [2.75, 3.05) is 45.4 Å². The zero-order chi connectivity index (χ0) is 14.3. The number of urea groups is 1. The molecule has 2 amide bonds. The highest BCUT2D eigenvalue weighted by molar-refractivity contribution is 7.99. The fourth-order valence-electron chi connectivity index (χ4n) is 2.04. The molecule has 0 aromatic rings. The third kappa shape index (κ3) is 5.28. The van der Waals surface area contributed by atoms with Crippen molar-refractivity contribution < 1.29 is 19.4 Å². The normalized spacial score (nSPS) is 19.3. The second-order valence-electron chi connectivity index (χ2n) is 4.57.